The van der Waals surface area contributed by atoms with E-state index in [2.05, 4.69) is 5.32 Å². The lowest BCUT2D eigenvalue weighted by Crippen LogP contribution is -2.48. The maximum Gasteiger partial charge on any atom is 0.324 e. The monoisotopic (exact) mass is 236 g/mol. The van der Waals surface area contributed by atoms with E-state index in [1.54, 1.807) is 31.2 Å². The van der Waals surface area contributed by atoms with Gasteiger partial charge in [0.2, 0.25) is 0 Å². The van der Waals surface area contributed by atoms with Crippen molar-refractivity contribution in [1.29, 1.82) is 0 Å². The van der Waals surface area contributed by atoms with Gasteiger partial charge in [0.15, 0.2) is 0 Å². The number of hydrogen-bond donors (Lipinski definition) is 2. The molecule has 0 fully saturated rings. The zero-order chi connectivity index (χ0) is 12.8. The molecule has 5 nitrogen and oxygen atoms in total. The van der Waals surface area contributed by atoms with Gasteiger partial charge in [-0.1, -0.05) is 18.2 Å². The molecular formula is C12H16N2O3. The lowest BCUT2D eigenvalue weighted by Gasteiger charge is -2.26. The van der Waals surface area contributed by atoms with Crippen LogP contribution in [0.2, 0.25) is 0 Å². The number of carbonyl (C=O) groups is 2. The van der Waals surface area contributed by atoms with Crippen LogP contribution in [0, 0.1) is 0 Å². The molecule has 1 aromatic carbocycles. The first kappa shape index (κ1) is 13.2. The summed E-state index contributed by atoms with van der Waals surface area (Å²) in [6.07, 6.45) is -0.348. The Morgan fingerprint density at radius 1 is 1.35 bits per heavy atom. The third-order valence-corrected chi connectivity index (χ3v) is 2.18. The van der Waals surface area contributed by atoms with Crippen molar-refractivity contribution < 1.29 is 14.7 Å². The number of anilines is 1. The molecule has 0 aliphatic rings. The summed E-state index contributed by atoms with van der Waals surface area (Å²) in [4.78, 5) is 23.5. The van der Waals surface area contributed by atoms with Gasteiger partial charge >= 0.3 is 6.03 Å². The number of aldehydes is 1. The fourth-order valence-corrected chi connectivity index (χ4v) is 1.39. The molecule has 0 radical (unpaired) electrons. The van der Waals surface area contributed by atoms with Gasteiger partial charge in [-0.05, 0) is 26.0 Å². The van der Waals surface area contributed by atoms with Crippen molar-refractivity contribution >= 4 is 18.0 Å². The second kappa shape index (κ2) is 6.00. The summed E-state index contributed by atoms with van der Waals surface area (Å²) in [5.41, 5.74) is 0.568. The first-order valence-corrected chi connectivity index (χ1v) is 5.34. The van der Waals surface area contributed by atoms with E-state index in [1.807, 2.05) is 6.07 Å². The standard InChI is InChI=1S/C12H16N2O3/c1-9(8-15)13-12(17)14(10(2)16)11-6-4-3-5-7-11/h3-10,16H,1-2H3,(H,13,17). The summed E-state index contributed by atoms with van der Waals surface area (Å²) in [6.45, 7) is 3.05. The first-order chi connectivity index (χ1) is 8.06. The van der Waals surface area contributed by atoms with Gasteiger partial charge < -0.3 is 15.2 Å². The van der Waals surface area contributed by atoms with Gasteiger partial charge in [0.1, 0.15) is 12.5 Å². The Morgan fingerprint density at radius 2 is 1.94 bits per heavy atom. The smallest absolute Gasteiger partial charge is 0.324 e. The molecule has 17 heavy (non-hydrogen) atoms. The Morgan fingerprint density at radius 3 is 2.41 bits per heavy atom. The molecule has 0 saturated heterocycles. The Labute approximate surface area is 100 Å². The van der Waals surface area contributed by atoms with Gasteiger partial charge in [-0.15, -0.1) is 0 Å². The lowest BCUT2D eigenvalue weighted by atomic mass is 10.3. The van der Waals surface area contributed by atoms with E-state index < -0.39 is 18.3 Å². The predicted octanol–water partition coefficient (Wildman–Crippen LogP) is 1.13. The average Bonchev–Trinajstić information content (AvgIpc) is 2.29. The van der Waals surface area contributed by atoms with Crippen molar-refractivity contribution in [2.75, 3.05) is 4.90 Å². The fraction of sp³-hybridized carbons (Fsp3) is 0.333. The van der Waals surface area contributed by atoms with Gasteiger partial charge in [-0.3, -0.25) is 4.90 Å². The molecule has 0 aliphatic heterocycles. The number of rotatable bonds is 4. The number of hydrogen-bond acceptors (Lipinski definition) is 3. The van der Waals surface area contributed by atoms with E-state index in [0.717, 1.165) is 0 Å². The highest BCUT2D eigenvalue weighted by molar-refractivity contribution is 5.93. The molecule has 2 atom stereocenters. The van der Waals surface area contributed by atoms with Gasteiger partial charge in [0.05, 0.1) is 6.04 Å². The van der Waals surface area contributed by atoms with E-state index in [4.69, 9.17) is 0 Å². The second-order valence-electron chi connectivity index (χ2n) is 3.71. The summed E-state index contributed by atoms with van der Waals surface area (Å²) in [5, 5.41) is 12.1. The summed E-state index contributed by atoms with van der Waals surface area (Å²) in [5.74, 6) is 0. The van der Waals surface area contributed by atoms with Crippen LogP contribution < -0.4 is 10.2 Å². The predicted molar refractivity (Wildman–Crippen MR) is 64.7 cm³/mol. The van der Waals surface area contributed by atoms with Crippen LogP contribution in [0.5, 0.6) is 0 Å². The van der Waals surface area contributed by atoms with Crippen LogP contribution in [0.4, 0.5) is 10.5 Å². The topological polar surface area (TPSA) is 69.6 Å². The minimum Gasteiger partial charge on any atom is -0.373 e. The molecular weight excluding hydrogens is 220 g/mol. The van der Waals surface area contributed by atoms with Gasteiger partial charge in [0, 0.05) is 5.69 Å². The third kappa shape index (κ3) is 3.57. The van der Waals surface area contributed by atoms with E-state index >= 15 is 0 Å². The summed E-state index contributed by atoms with van der Waals surface area (Å²) < 4.78 is 0. The molecule has 0 saturated carbocycles. The number of benzene rings is 1. The molecule has 0 heterocycles. The quantitative estimate of drug-likeness (QED) is 0.608. The zero-order valence-electron chi connectivity index (χ0n) is 9.83. The van der Waals surface area contributed by atoms with Crippen LogP contribution in [0.25, 0.3) is 0 Å². The van der Waals surface area contributed by atoms with Crippen molar-refractivity contribution in [2.45, 2.75) is 26.1 Å². The minimum absolute atomic E-state index is 0.509. The zero-order valence-corrected chi connectivity index (χ0v) is 9.83. The maximum atomic E-state index is 11.9. The van der Waals surface area contributed by atoms with Crippen molar-refractivity contribution in [3.8, 4) is 0 Å². The SMILES string of the molecule is CC(C=O)NC(=O)N(c1ccccc1)C(C)O. The van der Waals surface area contributed by atoms with Crippen LogP contribution in [-0.2, 0) is 4.79 Å². The van der Waals surface area contributed by atoms with Crippen molar-refractivity contribution in [3.05, 3.63) is 30.3 Å². The number of urea groups is 1. The van der Waals surface area contributed by atoms with Crippen molar-refractivity contribution in [1.82, 2.24) is 5.32 Å². The highest BCUT2D eigenvalue weighted by atomic mass is 16.3. The molecule has 92 valence electrons. The largest absolute Gasteiger partial charge is 0.373 e. The van der Waals surface area contributed by atoms with Crippen LogP contribution >= 0.6 is 0 Å². The Bertz CT molecular complexity index is 379. The second-order valence-corrected chi connectivity index (χ2v) is 3.71. The number of amides is 2. The van der Waals surface area contributed by atoms with Gasteiger partial charge in [0.25, 0.3) is 0 Å². The fourth-order valence-electron chi connectivity index (χ4n) is 1.39. The first-order valence-electron chi connectivity index (χ1n) is 5.34. The minimum atomic E-state index is -0.976. The van der Waals surface area contributed by atoms with Crippen LogP contribution in [0.15, 0.2) is 30.3 Å². The van der Waals surface area contributed by atoms with Crippen molar-refractivity contribution in [3.63, 3.8) is 0 Å². The summed E-state index contributed by atoms with van der Waals surface area (Å²) >= 11 is 0. The van der Waals surface area contributed by atoms with Crippen molar-refractivity contribution in [2.24, 2.45) is 0 Å². The number of aliphatic hydroxyl groups excluding tert-OH is 1. The molecule has 5 heteroatoms. The molecule has 1 rings (SSSR count). The highest BCUT2D eigenvalue weighted by Gasteiger charge is 2.21. The number of aliphatic hydroxyl groups is 1. The maximum absolute atomic E-state index is 11.9. The molecule has 0 aromatic heterocycles. The number of nitrogens with one attached hydrogen (secondary N) is 1. The number of carbonyl (C=O) groups excluding carboxylic acids is 2. The molecule has 0 spiro atoms. The molecule has 0 aliphatic carbocycles. The summed E-state index contributed by atoms with van der Waals surface area (Å²) in [6, 6.07) is 7.66. The molecule has 2 N–H and O–H groups in total. The molecule has 2 unspecified atom stereocenters. The molecule has 2 amide bonds. The highest BCUT2D eigenvalue weighted by Crippen LogP contribution is 2.15. The van der Waals surface area contributed by atoms with Crippen LogP contribution in [-0.4, -0.2) is 29.7 Å². The Balaban J connectivity index is 2.87. The van der Waals surface area contributed by atoms with E-state index in [0.29, 0.717) is 12.0 Å². The van der Waals surface area contributed by atoms with Gasteiger partial charge in [-0.2, -0.15) is 0 Å². The van der Waals surface area contributed by atoms with Crippen LogP contribution in [0.3, 0.4) is 0 Å². The Kier molecular flexibility index (Phi) is 4.66. The Hall–Kier alpha value is -1.88. The van der Waals surface area contributed by atoms with E-state index in [-0.39, 0.29) is 0 Å². The van der Waals surface area contributed by atoms with Crippen LogP contribution in [0.1, 0.15) is 13.8 Å². The normalized spacial score (nSPS) is 13.6. The average molecular weight is 236 g/mol. The molecule has 0 bridgehead atoms. The number of nitrogens with zero attached hydrogens (tertiary/aromatic N) is 1. The third-order valence-electron chi connectivity index (χ3n) is 2.18. The van der Waals surface area contributed by atoms with Gasteiger partial charge in [-0.25, -0.2) is 4.79 Å². The number of para-hydroxylation sites is 1. The summed E-state index contributed by atoms with van der Waals surface area (Å²) in [7, 11) is 0. The lowest BCUT2D eigenvalue weighted by molar-refractivity contribution is -0.109. The van der Waals surface area contributed by atoms with E-state index in [9.17, 15) is 14.7 Å². The van der Waals surface area contributed by atoms with E-state index in [1.165, 1.54) is 11.8 Å². The molecule has 1 aromatic rings.